The Morgan fingerprint density at radius 1 is 0.939 bits per heavy atom. The first-order valence-electron chi connectivity index (χ1n) is 11.7. The predicted molar refractivity (Wildman–Crippen MR) is 124 cm³/mol. The summed E-state index contributed by atoms with van der Waals surface area (Å²) in [4.78, 5) is 41.8. The standard InChI is InChI=1S/C27H28N2O4/c30-24-22-21(17-16-18-10-4-1-5-11-18)28-27(26(32)33,19-12-6-2-7-13-19)23(22)25(31)29(24)20-14-8-3-9-15-20/h1-2,4-7,10-13,16-17,20-23,28H,3,8-9,14-15H2,(H,32,33). The van der Waals surface area contributed by atoms with Crippen molar-refractivity contribution in [1.82, 2.24) is 10.2 Å². The molecule has 2 aliphatic heterocycles. The van der Waals surface area contributed by atoms with E-state index in [1.807, 2.05) is 48.6 Å². The van der Waals surface area contributed by atoms with Gasteiger partial charge in [0.2, 0.25) is 11.8 Å². The van der Waals surface area contributed by atoms with Crippen LogP contribution in [-0.2, 0) is 19.9 Å². The van der Waals surface area contributed by atoms with E-state index in [9.17, 15) is 19.5 Å². The first-order valence-corrected chi connectivity index (χ1v) is 11.7. The minimum atomic E-state index is -1.66. The molecule has 2 heterocycles. The van der Waals surface area contributed by atoms with Crippen LogP contribution in [-0.4, -0.2) is 39.9 Å². The van der Waals surface area contributed by atoms with E-state index < -0.39 is 29.4 Å². The van der Waals surface area contributed by atoms with Gasteiger partial charge in [-0.2, -0.15) is 0 Å². The molecule has 0 radical (unpaired) electrons. The fraction of sp³-hybridized carbons (Fsp3) is 0.370. The molecule has 0 bridgehead atoms. The number of nitrogens with zero attached hydrogens (tertiary/aromatic N) is 1. The van der Waals surface area contributed by atoms with E-state index in [0.29, 0.717) is 5.56 Å². The van der Waals surface area contributed by atoms with E-state index in [0.717, 1.165) is 37.7 Å². The lowest BCUT2D eigenvalue weighted by Gasteiger charge is -2.34. The van der Waals surface area contributed by atoms with Gasteiger partial charge in [-0.15, -0.1) is 0 Å². The number of aliphatic carboxylic acids is 1. The molecule has 2 aromatic rings. The number of carboxylic acid groups (broad SMARTS) is 1. The van der Waals surface area contributed by atoms with Crippen molar-refractivity contribution in [2.24, 2.45) is 11.8 Å². The molecule has 2 aromatic carbocycles. The molecule has 3 aliphatic rings. The van der Waals surface area contributed by atoms with Crippen LogP contribution < -0.4 is 5.32 Å². The summed E-state index contributed by atoms with van der Waals surface area (Å²) in [5.41, 5.74) is -0.215. The maximum Gasteiger partial charge on any atom is 0.329 e. The molecular formula is C27H28N2O4. The van der Waals surface area contributed by atoms with Crippen molar-refractivity contribution >= 4 is 23.9 Å². The summed E-state index contributed by atoms with van der Waals surface area (Å²) in [6.07, 6.45) is 8.38. The fourth-order valence-corrected chi connectivity index (χ4v) is 5.90. The molecular weight excluding hydrogens is 416 g/mol. The first-order chi connectivity index (χ1) is 16.0. The van der Waals surface area contributed by atoms with Gasteiger partial charge in [0.15, 0.2) is 5.54 Å². The predicted octanol–water partition coefficient (Wildman–Crippen LogP) is 3.59. The maximum absolute atomic E-state index is 13.8. The van der Waals surface area contributed by atoms with Gasteiger partial charge >= 0.3 is 5.97 Å². The van der Waals surface area contributed by atoms with Crippen LogP contribution in [0.5, 0.6) is 0 Å². The van der Waals surface area contributed by atoms with E-state index in [4.69, 9.17) is 0 Å². The van der Waals surface area contributed by atoms with Gasteiger partial charge in [0, 0.05) is 12.1 Å². The van der Waals surface area contributed by atoms with E-state index in [2.05, 4.69) is 5.32 Å². The lowest BCUT2D eigenvalue weighted by atomic mass is 9.76. The quantitative estimate of drug-likeness (QED) is 0.689. The second-order valence-corrected chi connectivity index (χ2v) is 9.26. The van der Waals surface area contributed by atoms with E-state index in [-0.39, 0.29) is 17.9 Å². The van der Waals surface area contributed by atoms with Crippen LogP contribution >= 0.6 is 0 Å². The molecule has 2 N–H and O–H groups in total. The van der Waals surface area contributed by atoms with Crippen molar-refractivity contribution in [3.63, 3.8) is 0 Å². The highest BCUT2D eigenvalue weighted by Gasteiger charge is 2.69. The number of hydrogen-bond acceptors (Lipinski definition) is 4. The number of benzene rings is 2. The van der Waals surface area contributed by atoms with Crippen LogP contribution in [0.15, 0.2) is 66.7 Å². The largest absolute Gasteiger partial charge is 0.480 e. The highest BCUT2D eigenvalue weighted by molar-refractivity contribution is 6.10. The van der Waals surface area contributed by atoms with Crippen molar-refractivity contribution in [1.29, 1.82) is 0 Å². The summed E-state index contributed by atoms with van der Waals surface area (Å²) in [5, 5.41) is 13.7. The van der Waals surface area contributed by atoms with Crippen LogP contribution in [0, 0.1) is 11.8 Å². The van der Waals surface area contributed by atoms with Crippen molar-refractivity contribution < 1.29 is 19.5 Å². The molecule has 1 saturated carbocycles. The van der Waals surface area contributed by atoms with E-state index in [1.54, 1.807) is 24.3 Å². The smallest absolute Gasteiger partial charge is 0.329 e. The van der Waals surface area contributed by atoms with Crippen molar-refractivity contribution in [3.05, 3.63) is 77.9 Å². The van der Waals surface area contributed by atoms with Gasteiger partial charge in [-0.1, -0.05) is 92.1 Å². The molecule has 2 saturated heterocycles. The van der Waals surface area contributed by atoms with Gasteiger partial charge < -0.3 is 5.11 Å². The third kappa shape index (κ3) is 3.49. The van der Waals surface area contributed by atoms with Crippen LogP contribution in [0.4, 0.5) is 0 Å². The highest BCUT2D eigenvalue weighted by atomic mass is 16.4. The molecule has 6 nitrogen and oxygen atoms in total. The molecule has 0 spiro atoms. The molecule has 6 heteroatoms. The molecule has 170 valence electrons. The molecule has 4 unspecified atom stereocenters. The topological polar surface area (TPSA) is 86.7 Å². The molecule has 0 aromatic heterocycles. The van der Waals surface area contributed by atoms with Crippen LogP contribution in [0.1, 0.15) is 43.2 Å². The van der Waals surface area contributed by atoms with Gasteiger partial charge in [-0.3, -0.25) is 19.8 Å². The number of hydrogen-bond donors (Lipinski definition) is 2. The highest BCUT2D eigenvalue weighted by Crippen LogP contribution is 2.50. The Bertz CT molecular complexity index is 1080. The average Bonchev–Trinajstić information content (AvgIpc) is 3.33. The number of fused-ring (bicyclic) bond motifs is 1. The minimum absolute atomic E-state index is 0.134. The summed E-state index contributed by atoms with van der Waals surface area (Å²) in [5.74, 6) is -3.48. The van der Waals surface area contributed by atoms with Gasteiger partial charge in [-0.05, 0) is 24.0 Å². The number of rotatable bonds is 5. The Labute approximate surface area is 193 Å². The first kappa shape index (κ1) is 21.6. The Kier molecular flexibility index (Phi) is 5.62. The third-order valence-electron chi connectivity index (χ3n) is 7.43. The zero-order chi connectivity index (χ0) is 23.0. The summed E-state index contributed by atoms with van der Waals surface area (Å²) in [7, 11) is 0. The maximum atomic E-state index is 13.8. The minimum Gasteiger partial charge on any atom is -0.480 e. The number of carbonyl (C=O) groups excluding carboxylic acids is 2. The normalized spacial score (nSPS) is 30.2. The van der Waals surface area contributed by atoms with Crippen LogP contribution in [0.25, 0.3) is 6.08 Å². The van der Waals surface area contributed by atoms with E-state index in [1.165, 1.54) is 4.90 Å². The molecule has 2 amide bonds. The zero-order valence-electron chi connectivity index (χ0n) is 18.4. The van der Waals surface area contributed by atoms with Gasteiger partial charge in [0.25, 0.3) is 0 Å². The Balaban J connectivity index is 1.60. The number of amides is 2. The SMILES string of the molecule is O=C1C2C(C=Cc3ccccc3)NC(C(=O)O)(c3ccccc3)C2C(=O)N1C1CCCCC1. The summed E-state index contributed by atoms with van der Waals surface area (Å²) >= 11 is 0. The lowest BCUT2D eigenvalue weighted by molar-refractivity contribution is -0.153. The van der Waals surface area contributed by atoms with E-state index >= 15 is 0 Å². The number of imide groups is 1. The summed E-state index contributed by atoms with van der Waals surface area (Å²) in [6.45, 7) is 0. The Hall–Kier alpha value is -3.25. The summed E-state index contributed by atoms with van der Waals surface area (Å²) < 4.78 is 0. The number of carbonyl (C=O) groups is 3. The molecule has 5 rings (SSSR count). The van der Waals surface area contributed by atoms with Crippen molar-refractivity contribution in [3.8, 4) is 0 Å². The number of nitrogens with one attached hydrogen (secondary N) is 1. The van der Waals surface area contributed by atoms with Gasteiger partial charge in [-0.25, -0.2) is 4.79 Å². The van der Waals surface area contributed by atoms with Crippen molar-refractivity contribution in [2.75, 3.05) is 0 Å². The molecule has 33 heavy (non-hydrogen) atoms. The second kappa shape index (κ2) is 8.60. The summed E-state index contributed by atoms with van der Waals surface area (Å²) in [6, 6.07) is 17.7. The van der Waals surface area contributed by atoms with Gasteiger partial charge in [0.1, 0.15) is 0 Å². The molecule has 1 aliphatic carbocycles. The van der Waals surface area contributed by atoms with Crippen molar-refractivity contribution in [2.45, 2.75) is 49.7 Å². The average molecular weight is 445 g/mol. The van der Waals surface area contributed by atoms with Gasteiger partial charge in [0.05, 0.1) is 11.8 Å². The van der Waals surface area contributed by atoms with Crippen LogP contribution in [0.2, 0.25) is 0 Å². The Morgan fingerprint density at radius 3 is 2.21 bits per heavy atom. The third-order valence-corrected chi connectivity index (χ3v) is 7.43. The fourth-order valence-electron chi connectivity index (χ4n) is 5.90. The second-order valence-electron chi connectivity index (χ2n) is 9.26. The van der Waals surface area contributed by atoms with Crippen LogP contribution in [0.3, 0.4) is 0 Å². The zero-order valence-corrected chi connectivity index (χ0v) is 18.4. The molecule has 4 atom stereocenters. The monoisotopic (exact) mass is 444 g/mol. The number of carboxylic acids is 1. The molecule has 3 fully saturated rings. The number of likely N-dealkylation sites (tertiary alicyclic amines) is 1. The Morgan fingerprint density at radius 2 is 1.58 bits per heavy atom. The lowest BCUT2D eigenvalue weighted by Crippen LogP contribution is -2.55.